The van der Waals surface area contributed by atoms with Gasteiger partial charge in [0.1, 0.15) is 0 Å². The minimum atomic E-state index is -0.171. The van der Waals surface area contributed by atoms with Crippen LogP contribution in [0.4, 0.5) is 5.69 Å². The molecule has 0 aromatic heterocycles. The van der Waals surface area contributed by atoms with E-state index < -0.39 is 0 Å². The van der Waals surface area contributed by atoms with Crippen LogP contribution in [0.2, 0.25) is 0 Å². The molecule has 0 spiro atoms. The average molecular weight is 399 g/mol. The standard InChI is InChI=1S/C26H26N2O2/c29-25(16-15-22-18-21-13-7-8-14-23(21)28-26(22)30)27-24(20-11-5-2-6-12-20)17-19-9-3-1-4-10-19/h1-14,22,24H,15-18H2,(H,27,29)(H,28,30)/t22-,24-/m0/s1. The molecule has 4 heteroatoms. The predicted molar refractivity (Wildman–Crippen MR) is 119 cm³/mol. The van der Waals surface area contributed by atoms with E-state index in [4.69, 9.17) is 0 Å². The smallest absolute Gasteiger partial charge is 0.227 e. The summed E-state index contributed by atoms with van der Waals surface area (Å²) in [6.45, 7) is 0. The van der Waals surface area contributed by atoms with Gasteiger partial charge in [0.15, 0.2) is 0 Å². The summed E-state index contributed by atoms with van der Waals surface area (Å²) in [5, 5.41) is 6.15. The van der Waals surface area contributed by atoms with Crippen molar-refractivity contribution in [3.05, 3.63) is 102 Å². The van der Waals surface area contributed by atoms with Crippen LogP contribution in [0.25, 0.3) is 0 Å². The number of rotatable bonds is 7. The van der Waals surface area contributed by atoms with Crippen LogP contribution in [0, 0.1) is 5.92 Å². The lowest BCUT2D eigenvalue weighted by molar-refractivity contribution is -0.123. The molecule has 0 bridgehead atoms. The number of para-hydroxylation sites is 1. The van der Waals surface area contributed by atoms with E-state index in [2.05, 4.69) is 22.8 Å². The van der Waals surface area contributed by atoms with E-state index in [1.54, 1.807) is 0 Å². The second kappa shape index (κ2) is 9.40. The highest BCUT2D eigenvalue weighted by Crippen LogP contribution is 2.27. The van der Waals surface area contributed by atoms with Crippen LogP contribution in [0.3, 0.4) is 0 Å². The van der Waals surface area contributed by atoms with Gasteiger partial charge in [0.25, 0.3) is 0 Å². The topological polar surface area (TPSA) is 58.2 Å². The number of carbonyl (C=O) groups excluding carboxylic acids is 2. The molecule has 0 aliphatic carbocycles. The highest BCUT2D eigenvalue weighted by atomic mass is 16.2. The van der Waals surface area contributed by atoms with E-state index in [0.717, 1.165) is 23.2 Å². The zero-order chi connectivity index (χ0) is 20.8. The quantitative estimate of drug-likeness (QED) is 0.607. The maximum atomic E-state index is 12.8. The molecule has 0 saturated carbocycles. The maximum Gasteiger partial charge on any atom is 0.227 e. The third-order valence-electron chi connectivity index (χ3n) is 5.65. The van der Waals surface area contributed by atoms with Gasteiger partial charge in [-0.05, 0) is 42.0 Å². The van der Waals surface area contributed by atoms with Crippen LogP contribution >= 0.6 is 0 Å². The Morgan fingerprint density at radius 2 is 1.60 bits per heavy atom. The van der Waals surface area contributed by atoms with Crippen molar-refractivity contribution in [2.24, 2.45) is 5.92 Å². The number of hydrogen-bond acceptors (Lipinski definition) is 2. The predicted octanol–water partition coefficient (Wildman–Crippen LogP) is 4.68. The van der Waals surface area contributed by atoms with Crippen LogP contribution in [0.1, 0.15) is 35.6 Å². The number of anilines is 1. The van der Waals surface area contributed by atoms with Crippen LogP contribution in [-0.2, 0) is 22.4 Å². The lowest BCUT2D eigenvalue weighted by Crippen LogP contribution is -2.33. The first-order valence-corrected chi connectivity index (χ1v) is 10.5. The molecule has 3 aromatic carbocycles. The first kappa shape index (κ1) is 19.9. The van der Waals surface area contributed by atoms with Gasteiger partial charge in [0.05, 0.1) is 6.04 Å². The number of benzene rings is 3. The van der Waals surface area contributed by atoms with Crippen molar-refractivity contribution in [1.29, 1.82) is 0 Å². The van der Waals surface area contributed by atoms with Crippen molar-refractivity contribution in [2.45, 2.75) is 31.7 Å². The van der Waals surface area contributed by atoms with E-state index in [9.17, 15) is 9.59 Å². The molecule has 2 amide bonds. The van der Waals surface area contributed by atoms with Crippen LogP contribution in [0.5, 0.6) is 0 Å². The molecule has 1 aliphatic heterocycles. The Bertz CT molecular complexity index is 1000. The van der Waals surface area contributed by atoms with Gasteiger partial charge >= 0.3 is 0 Å². The van der Waals surface area contributed by atoms with Gasteiger partial charge in [-0.15, -0.1) is 0 Å². The monoisotopic (exact) mass is 398 g/mol. The summed E-state index contributed by atoms with van der Waals surface area (Å²) in [4.78, 5) is 25.2. The third-order valence-corrected chi connectivity index (χ3v) is 5.65. The maximum absolute atomic E-state index is 12.8. The second-order valence-electron chi connectivity index (χ2n) is 7.81. The molecule has 4 rings (SSSR count). The molecular formula is C26H26N2O2. The molecule has 3 aromatic rings. The summed E-state index contributed by atoms with van der Waals surface area (Å²) in [5.74, 6) is -0.188. The molecule has 0 saturated heterocycles. The fraction of sp³-hybridized carbons (Fsp3) is 0.231. The van der Waals surface area contributed by atoms with E-state index >= 15 is 0 Å². The highest BCUT2D eigenvalue weighted by Gasteiger charge is 2.26. The van der Waals surface area contributed by atoms with Crippen molar-refractivity contribution in [3.63, 3.8) is 0 Å². The van der Waals surface area contributed by atoms with Crippen molar-refractivity contribution in [1.82, 2.24) is 5.32 Å². The molecule has 4 nitrogen and oxygen atoms in total. The average Bonchev–Trinajstić information content (AvgIpc) is 2.78. The Balaban J connectivity index is 1.39. The Hall–Kier alpha value is -3.40. The minimum Gasteiger partial charge on any atom is -0.349 e. The Kier molecular flexibility index (Phi) is 6.23. The second-order valence-corrected chi connectivity index (χ2v) is 7.81. The van der Waals surface area contributed by atoms with Crippen molar-refractivity contribution in [2.75, 3.05) is 5.32 Å². The van der Waals surface area contributed by atoms with Gasteiger partial charge in [-0.3, -0.25) is 9.59 Å². The van der Waals surface area contributed by atoms with Gasteiger partial charge in [0.2, 0.25) is 11.8 Å². The van der Waals surface area contributed by atoms with Crippen LogP contribution in [0.15, 0.2) is 84.9 Å². The lowest BCUT2D eigenvalue weighted by Gasteiger charge is -2.25. The summed E-state index contributed by atoms with van der Waals surface area (Å²) >= 11 is 0. The van der Waals surface area contributed by atoms with E-state index in [-0.39, 0.29) is 23.8 Å². The van der Waals surface area contributed by atoms with Gasteiger partial charge in [0, 0.05) is 18.0 Å². The molecule has 2 N–H and O–H groups in total. The summed E-state index contributed by atoms with van der Waals surface area (Å²) in [7, 11) is 0. The first-order valence-electron chi connectivity index (χ1n) is 10.5. The number of carbonyl (C=O) groups is 2. The first-order chi connectivity index (χ1) is 14.7. The molecule has 1 heterocycles. The third kappa shape index (κ3) is 4.95. The number of nitrogens with one attached hydrogen (secondary N) is 2. The van der Waals surface area contributed by atoms with E-state index in [0.29, 0.717) is 19.3 Å². The summed E-state index contributed by atoms with van der Waals surface area (Å²) < 4.78 is 0. The zero-order valence-electron chi connectivity index (χ0n) is 16.9. The Labute approximate surface area is 177 Å². The van der Waals surface area contributed by atoms with Crippen molar-refractivity contribution >= 4 is 17.5 Å². The molecule has 2 atom stereocenters. The van der Waals surface area contributed by atoms with Gasteiger partial charge < -0.3 is 10.6 Å². The van der Waals surface area contributed by atoms with Gasteiger partial charge in [-0.2, -0.15) is 0 Å². The minimum absolute atomic E-state index is 0.00500. The fourth-order valence-electron chi connectivity index (χ4n) is 4.01. The van der Waals surface area contributed by atoms with Gasteiger partial charge in [-0.25, -0.2) is 0 Å². The Morgan fingerprint density at radius 3 is 2.37 bits per heavy atom. The molecule has 0 unspecified atom stereocenters. The van der Waals surface area contributed by atoms with Crippen molar-refractivity contribution < 1.29 is 9.59 Å². The van der Waals surface area contributed by atoms with Crippen molar-refractivity contribution in [3.8, 4) is 0 Å². The fourth-order valence-corrected chi connectivity index (χ4v) is 4.01. The van der Waals surface area contributed by atoms with E-state index in [1.165, 1.54) is 5.56 Å². The van der Waals surface area contributed by atoms with E-state index in [1.807, 2.05) is 72.8 Å². The molecule has 0 radical (unpaired) electrons. The molecule has 30 heavy (non-hydrogen) atoms. The number of fused-ring (bicyclic) bond motifs is 1. The number of hydrogen-bond donors (Lipinski definition) is 2. The highest BCUT2D eigenvalue weighted by molar-refractivity contribution is 5.96. The Morgan fingerprint density at radius 1 is 0.933 bits per heavy atom. The van der Waals surface area contributed by atoms with Crippen LogP contribution < -0.4 is 10.6 Å². The zero-order valence-corrected chi connectivity index (χ0v) is 16.9. The molecule has 1 aliphatic rings. The molecular weight excluding hydrogens is 372 g/mol. The SMILES string of the molecule is O=C(CC[C@H]1Cc2ccccc2NC1=O)N[C@@H](Cc1ccccc1)c1ccccc1. The summed E-state index contributed by atoms with van der Waals surface area (Å²) in [6.07, 6.45) is 2.28. The largest absolute Gasteiger partial charge is 0.349 e. The lowest BCUT2D eigenvalue weighted by atomic mass is 9.89. The van der Waals surface area contributed by atoms with Crippen LogP contribution in [-0.4, -0.2) is 11.8 Å². The number of amides is 2. The molecule has 152 valence electrons. The van der Waals surface area contributed by atoms with Gasteiger partial charge in [-0.1, -0.05) is 78.9 Å². The normalized spacial score (nSPS) is 16.3. The summed E-state index contributed by atoms with van der Waals surface area (Å²) in [6, 6.07) is 28.0. The summed E-state index contributed by atoms with van der Waals surface area (Å²) in [5.41, 5.74) is 4.28. The molecule has 0 fully saturated rings.